The zero-order valence-electron chi connectivity index (χ0n) is 21.1. The Hall–Kier alpha value is -2.47. The monoisotopic (exact) mass is 450 g/mol. The summed E-state index contributed by atoms with van der Waals surface area (Å²) in [6, 6.07) is 6.88. The second-order valence-electron chi connectivity index (χ2n) is 11.4. The molecule has 1 amide bonds. The fraction of sp³-hybridized carbons (Fsp3) is 0.593. The third kappa shape index (κ3) is 5.55. The van der Waals surface area contributed by atoms with Crippen molar-refractivity contribution in [3.05, 3.63) is 52.3 Å². The van der Waals surface area contributed by atoms with E-state index in [9.17, 15) is 4.79 Å². The van der Waals surface area contributed by atoms with Crippen LogP contribution in [0.5, 0.6) is 0 Å². The number of aromatic nitrogens is 2. The molecule has 2 aliphatic heterocycles. The summed E-state index contributed by atoms with van der Waals surface area (Å²) >= 11 is 0. The Kier molecular flexibility index (Phi) is 6.50. The third-order valence-corrected chi connectivity index (χ3v) is 6.64. The molecular weight excluding hydrogens is 412 g/mol. The van der Waals surface area contributed by atoms with Gasteiger partial charge in [-0.3, -0.25) is 4.79 Å². The van der Waals surface area contributed by atoms with Gasteiger partial charge in [0.1, 0.15) is 0 Å². The van der Waals surface area contributed by atoms with E-state index >= 15 is 0 Å². The quantitative estimate of drug-likeness (QED) is 0.692. The van der Waals surface area contributed by atoms with Crippen LogP contribution in [0.4, 0.5) is 5.95 Å². The topological polar surface area (TPSA) is 58.6 Å². The number of amides is 1. The summed E-state index contributed by atoms with van der Waals surface area (Å²) in [5.74, 6) is 0.930. The first-order chi connectivity index (χ1) is 15.5. The molecule has 4 rings (SSSR count). The van der Waals surface area contributed by atoms with Gasteiger partial charge in [-0.05, 0) is 33.9 Å². The molecule has 6 heteroatoms. The van der Waals surface area contributed by atoms with Crippen LogP contribution in [0.2, 0.25) is 0 Å². The van der Waals surface area contributed by atoms with Gasteiger partial charge >= 0.3 is 0 Å². The highest BCUT2D eigenvalue weighted by Gasteiger charge is 2.27. The van der Waals surface area contributed by atoms with E-state index in [-0.39, 0.29) is 16.7 Å². The van der Waals surface area contributed by atoms with Crippen LogP contribution in [0.25, 0.3) is 0 Å². The van der Waals surface area contributed by atoms with Crippen LogP contribution in [0.3, 0.4) is 0 Å². The van der Waals surface area contributed by atoms with Gasteiger partial charge in [0.05, 0.1) is 25.5 Å². The molecule has 1 saturated heterocycles. The average Bonchev–Trinajstić information content (AvgIpc) is 3.20. The smallest absolute Gasteiger partial charge is 0.225 e. The number of hydrogen-bond acceptors (Lipinski definition) is 5. The van der Waals surface area contributed by atoms with Gasteiger partial charge in [-0.2, -0.15) is 0 Å². The van der Waals surface area contributed by atoms with Gasteiger partial charge in [0.2, 0.25) is 11.9 Å². The Balaban J connectivity index is 1.42. The predicted molar refractivity (Wildman–Crippen MR) is 131 cm³/mol. The lowest BCUT2D eigenvalue weighted by atomic mass is 9.79. The molecule has 1 aromatic heterocycles. The van der Waals surface area contributed by atoms with Crippen LogP contribution in [0.15, 0.2) is 24.4 Å². The van der Waals surface area contributed by atoms with Crippen LogP contribution in [-0.4, -0.2) is 47.1 Å². The molecule has 178 valence electrons. The maximum atomic E-state index is 13.1. The van der Waals surface area contributed by atoms with E-state index in [1.807, 2.05) is 11.1 Å². The minimum atomic E-state index is 0.0769. The van der Waals surface area contributed by atoms with Crippen molar-refractivity contribution in [2.45, 2.75) is 78.3 Å². The second kappa shape index (κ2) is 9.05. The first-order valence-corrected chi connectivity index (χ1v) is 12.1. The minimum Gasteiger partial charge on any atom is -0.378 e. The van der Waals surface area contributed by atoms with Gasteiger partial charge in [0.15, 0.2) is 0 Å². The Morgan fingerprint density at radius 1 is 0.970 bits per heavy atom. The molecule has 33 heavy (non-hydrogen) atoms. The summed E-state index contributed by atoms with van der Waals surface area (Å²) in [6.45, 7) is 17.7. The van der Waals surface area contributed by atoms with Crippen molar-refractivity contribution >= 4 is 11.9 Å². The van der Waals surface area contributed by atoms with Crippen LogP contribution >= 0.6 is 0 Å². The van der Waals surface area contributed by atoms with Gasteiger partial charge in [0.25, 0.3) is 0 Å². The van der Waals surface area contributed by atoms with Crippen LogP contribution in [0, 0.1) is 0 Å². The lowest BCUT2D eigenvalue weighted by Crippen LogP contribution is -2.37. The molecule has 3 heterocycles. The van der Waals surface area contributed by atoms with Gasteiger partial charge in [-0.25, -0.2) is 9.97 Å². The van der Waals surface area contributed by atoms with E-state index in [4.69, 9.17) is 9.72 Å². The normalized spacial score (nSPS) is 16.8. The molecule has 0 N–H and O–H groups in total. The van der Waals surface area contributed by atoms with Gasteiger partial charge < -0.3 is 14.5 Å². The molecule has 0 radical (unpaired) electrons. The number of ether oxygens (including phenoxy) is 1. The number of hydrogen-bond donors (Lipinski definition) is 0. The zero-order chi connectivity index (χ0) is 23.8. The van der Waals surface area contributed by atoms with E-state index in [0.717, 1.165) is 36.7 Å². The Morgan fingerprint density at radius 3 is 2.21 bits per heavy atom. The van der Waals surface area contributed by atoms with Crippen molar-refractivity contribution in [3.8, 4) is 0 Å². The maximum absolute atomic E-state index is 13.1. The fourth-order valence-corrected chi connectivity index (χ4v) is 4.35. The van der Waals surface area contributed by atoms with Crippen molar-refractivity contribution in [2.24, 2.45) is 0 Å². The largest absolute Gasteiger partial charge is 0.378 e. The van der Waals surface area contributed by atoms with Crippen molar-refractivity contribution in [1.82, 2.24) is 14.9 Å². The lowest BCUT2D eigenvalue weighted by molar-refractivity contribution is -0.131. The van der Waals surface area contributed by atoms with Crippen molar-refractivity contribution in [3.63, 3.8) is 0 Å². The number of nitrogens with zero attached hydrogens (tertiary/aromatic N) is 4. The van der Waals surface area contributed by atoms with E-state index in [2.05, 4.69) is 69.6 Å². The first-order valence-electron chi connectivity index (χ1n) is 12.1. The summed E-state index contributed by atoms with van der Waals surface area (Å²) in [5, 5.41) is 0. The standard InChI is InChI=1S/C27H38N4O2/c1-26(2,3)21-13-19(14-22(15-21)27(4,5)6)7-8-24(32)31-17-20-16-28-25(29-23(20)18-31)30-9-11-33-12-10-30/h13-16H,7-12,17-18H2,1-6H3. The number of carbonyl (C=O) groups excluding carboxylic acids is 1. The zero-order valence-corrected chi connectivity index (χ0v) is 21.1. The molecule has 1 fully saturated rings. The Morgan fingerprint density at radius 2 is 1.61 bits per heavy atom. The molecule has 2 aromatic rings. The predicted octanol–water partition coefficient (Wildman–Crippen LogP) is 4.38. The molecule has 1 aromatic carbocycles. The average molecular weight is 451 g/mol. The molecule has 2 aliphatic rings. The number of carbonyl (C=O) groups is 1. The SMILES string of the molecule is CC(C)(C)c1cc(CCC(=O)N2Cc3cnc(N4CCOCC4)nc3C2)cc(C(C)(C)C)c1. The number of morpholine rings is 1. The van der Waals surface area contributed by atoms with Gasteiger partial charge in [-0.1, -0.05) is 59.7 Å². The van der Waals surface area contributed by atoms with Gasteiger partial charge in [0, 0.05) is 37.8 Å². The Bertz CT molecular complexity index is 982. The highest BCUT2D eigenvalue weighted by atomic mass is 16.5. The van der Waals surface area contributed by atoms with Gasteiger partial charge in [-0.15, -0.1) is 0 Å². The Labute approximate surface area is 198 Å². The molecular formula is C27H38N4O2. The number of anilines is 1. The molecule has 0 saturated carbocycles. The van der Waals surface area contributed by atoms with Crippen LogP contribution in [0.1, 0.15) is 75.9 Å². The number of rotatable bonds is 4. The molecule has 0 bridgehead atoms. The highest BCUT2D eigenvalue weighted by molar-refractivity contribution is 5.77. The number of fused-ring (bicyclic) bond motifs is 1. The number of benzene rings is 1. The van der Waals surface area contributed by atoms with Crippen LogP contribution < -0.4 is 4.90 Å². The second-order valence-corrected chi connectivity index (χ2v) is 11.4. The summed E-state index contributed by atoms with van der Waals surface area (Å²) in [5.41, 5.74) is 6.09. The summed E-state index contributed by atoms with van der Waals surface area (Å²) < 4.78 is 5.43. The van der Waals surface area contributed by atoms with E-state index in [1.54, 1.807) is 0 Å². The molecule has 0 aliphatic carbocycles. The van der Waals surface area contributed by atoms with Crippen LogP contribution in [-0.2, 0) is 39.9 Å². The maximum Gasteiger partial charge on any atom is 0.225 e. The molecule has 0 spiro atoms. The molecule has 0 unspecified atom stereocenters. The number of aryl methyl sites for hydroxylation is 1. The lowest BCUT2D eigenvalue weighted by Gasteiger charge is -2.26. The summed E-state index contributed by atoms with van der Waals surface area (Å²) in [6.07, 6.45) is 3.15. The van der Waals surface area contributed by atoms with E-state index in [0.29, 0.717) is 32.7 Å². The molecule has 6 nitrogen and oxygen atoms in total. The third-order valence-electron chi connectivity index (χ3n) is 6.64. The molecule has 0 atom stereocenters. The van der Waals surface area contributed by atoms with E-state index < -0.39 is 0 Å². The fourth-order valence-electron chi connectivity index (χ4n) is 4.35. The van der Waals surface area contributed by atoms with E-state index in [1.165, 1.54) is 16.7 Å². The van der Waals surface area contributed by atoms with Crippen molar-refractivity contribution in [2.75, 3.05) is 31.2 Å². The van der Waals surface area contributed by atoms with Crippen molar-refractivity contribution < 1.29 is 9.53 Å². The van der Waals surface area contributed by atoms with Crippen molar-refractivity contribution in [1.29, 1.82) is 0 Å². The summed E-state index contributed by atoms with van der Waals surface area (Å²) in [7, 11) is 0. The highest BCUT2D eigenvalue weighted by Crippen LogP contribution is 2.31. The first kappa shape index (κ1) is 23.7. The summed E-state index contributed by atoms with van der Waals surface area (Å²) in [4.78, 5) is 26.5. The minimum absolute atomic E-state index is 0.0769.